The molecule has 0 spiro atoms. The molecular formula is C61H39NS2. The second-order valence-electron chi connectivity index (χ2n) is 16.8. The van der Waals surface area contributed by atoms with E-state index in [4.69, 9.17) is 0 Å². The lowest BCUT2D eigenvalue weighted by Gasteiger charge is -2.34. The molecule has 64 heavy (non-hydrogen) atoms. The van der Waals surface area contributed by atoms with Crippen molar-refractivity contribution in [3.63, 3.8) is 0 Å². The Hall–Kier alpha value is -7.56. The summed E-state index contributed by atoms with van der Waals surface area (Å²) in [5, 5.41) is 5.28. The van der Waals surface area contributed by atoms with Crippen LogP contribution in [0.2, 0.25) is 0 Å². The molecule has 0 fully saturated rings. The molecule has 0 N–H and O–H groups in total. The van der Waals surface area contributed by atoms with Crippen LogP contribution in [0.4, 0.5) is 17.1 Å². The molecule has 0 amide bonds. The Bertz CT molecular complexity index is 3670. The molecule has 10 aromatic carbocycles. The molecule has 3 heteroatoms. The summed E-state index contributed by atoms with van der Waals surface area (Å²) in [6.07, 6.45) is 0. The lowest BCUT2D eigenvalue weighted by molar-refractivity contribution is 0.768. The minimum Gasteiger partial charge on any atom is -0.310 e. The molecular weight excluding hydrogens is 811 g/mol. The number of nitrogens with zero attached hydrogens (tertiary/aromatic N) is 1. The van der Waals surface area contributed by atoms with Crippen LogP contribution in [0.1, 0.15) is 22.3 Å². The fraction of sp³-hybridized carbons (Fsp3) is 0.0164. The smallest absolute Gasteiger partial charge is 0.0713 e. The van der Waals surface area contributed by atoms with Crippen LogP contribution < -0.4 is 4.90 Å². The van der Waals surface area contributed by atoms with Gasteiger partial charge in [0.1, 0.15) is 0 Å². The summed E-state index contributed by atoms with van der Waals surface area (Å²) in [5.41, 5.74) is 15.4. The van der Waals surface area contributed by atoms with Gasteiger partial charge in [-0.05, 0) is 122 Å². The van der Waals surface area contributed by atoms with E-state index in [9.17, 15) is 0 Å². The van der Waals surface area contributed by atoms with Crippen molar-refractivity contribution < 1.29 is 0 Å². The van der Waals surface area contributed by atoms with Gasteiger partial charge in [0.2, 0.25) is 0 Å². The molecule has 1 aliphatic carbocycles. The molecule has 0 saturated heterocycles. The van der Waals surface area contributed by atoms with Gasteiger partial charge in [0.25, 0.3) is 0 Å². The summed E-state index contributed by atoms with van der Waals surface area (Å²) in [5.74, 6) is 0. The molecule has 300 valence electrons. The minimum absolute atomic E-state index is 0.456. The second kappa shape index (κ2) is 14.8. The van der Waals surface area contributed by atoms with E-state index >= 15 is 0 Å². The van der Waals surface area contributed by atoms with Gasteiger partial charge in [0.05, 0.1) is 5.41 Å². The van der Waals surface area contributed by atoms with Gasteiger partial charge < -0.3 is 4.90 Å². The quantitative estimate of drug-likeness (QED) is 0.154. The Kier molecular flexibility index (Phi) is 8.55. The van der Waals surface area contributed by atoms with Gasteiger partial charge in [0, 0.05) is 57.4 Å². The fourth-order valence-electron chi connectivity index (χ4n) is 10.5. The number of rotatable bonds is 7. The number of anilines is 3. The predicted octanol–water partition coefficient (Wildman–Crippen LogP) is 17.6. The van der Waals surface area contributed by atoms with Crippen LogP contribution in [0.15, 0.2) is 237 Å². The van der Waals surface area contributed by atoms with E-state index < -0.39 is 5.41 Å². The summed E-state index contributed by atoms with van der Waals surface area (Å²) < 4.78 is 5.29. The Morgan fingerprint density at radius 3 is 1.55 bits per heavy atom. The fourth-order valence-corrected chi connectivity index (χ4v) is 12.8. The minimum atomic E-state index is -0.456. The maximum Gasteiger partial charge on any atom is 0.0713 e. The molecule has 0 radical (unpaired) electrons. The molecule has 2 heterocycles. The monoisotopic (exact) mass is 849 g/mol. The van der Waals surface area contributed by atoms with Crippen molar-refractivity contribution in [2.75, 3.05) is 4.90 Å². The van der Waals surface area contributed by atoms with Gasteiger partial charge >= 0.3 is 0 Å². The highest BCUT2D eigenvalue weighted by molar-refractivity contribution is 7.26. The van der Waals surface area contributed by atoms with Crippen LogP contribution in [0, 0.1) is 0 Å². The molecule has 13 rings (SSSR count). The van der Waals surface area contributed by atoms with E-state index in [0.717, 1.165) is 17.1 Å². The van der Waals surface area contributed by atoms with Crippen molar-refractivity contribution in [1.82, 2.24) is 0 Å². The molecule has 1 aliphatic rings. The largest absolute Gasteiger partial charge is 0.310 e. The molecule has 0 atom stereocenters. The van der Waals surface area contributed by atoms with Crippen LogP contribution in [0.5, 0.6) is 0 Å². The molecule has 0 bridgehead atoms. The first-order valence-electron chi connectivity index (χ1n) is 21.9. The lowest BCUT2D eigenvalue weighted by atomic mass is 9.68. The zero-order valence-electron chi connectivity index (χ0n) is 34.8. The maximum absolute atomic E-state index is 2.43. The Balaban J connectivity index is 0.973. The second-order valence-corrected chi connectivity index (χ2v) is 18.9. The van der Waals surface area contributed by atoms with Gasteiger partial charge in [-0.1, -0.05) is 170 Å². The average molecular weight is 850 g/mol. The number of thiophene rings is 2. The van der Waals surface area contributed by atoms with Crippen molar-refractivity contribution in [3.05, 3.63) is 259 Å². The highest BCUT2D eigenvalue weighted by Gasteiger charge is 2.46. The van der Waals surface area contributed by atoms with Crippen LogP contribution in [0.25, 0.3) is 73.7 Å². The number of hydrogen-bond donors (Lipinski definition) is 0. The van der Waals surface area contributed by atoms with Crippen molar-refractivity contribution in [2.45, 2.75) is 5.41 Å². The standard InChI is InChI=1S/C61H39NS2/c1-3-14-43(15-4-1)61(44-16-5-2-6-17-44)54-22-10-7-18-49(54)52-39-47(35-36-55(52)61)62(45-31-26-40(27-32-45)42-30-37-58-53(38-42)50-19-8-11-23-56(50)63-58)46-33-28-41(29-34-46)48-21-13-25-59-60(48)51-20-9-12-24-57(51)64-59/h1-39H. The normalized spacial score (nSPS) is 12.8. The third-order valence-electron chi connectivity index (χ3n) is 13.4. The third kappa shape index (κ3) is 5.68. The molecule has 0 saturated carbocycles. The zero-order valence-corrected chi connectivity index (χ0v) is 36.4. The van der Waals surface area contributed by atoms with Crippen LogP contribution >= 0.6 is 22.7 Å². The molecule has 1 nitrogen and oxygen atoms in total. The van der Waals surface area contributed by atoms with Gasteiger partial charge in [-0.15, -0.1) is 22.7 Å². The molecule has 12 aromatic rings. The summed E-state index contributed by atoms with van der Waals surface area (Å²) >= 11 is 3.73. The van der Waals surface area contributed by atoms with E-state index in [1.54, 1.807) is 0 Å². The van der Waals surface area contributed by atoms with Crippen molar-refractivity contribution >= 4 is 80.1 Å². The number of hydrogen-bond acceptors (Lipinski definition) is 3. The van der Waals surface area contributed by atoms with Crippen molar-refractivity contribution in [3.8, 4) is 33.4 Å². The zero-order chi connectivity index (χ0) is 42.2. The maximum atomic E-state index is 2.43. The van der Waals surface area contributed by atoms with E-state index in [2.05, 4.69) is 241 Å². The number of fused-ring (bicyclic) bond motifs is 9. The highest BCUT2D eigenvalue weighted by Crippen LogP contribution is 2.57. The topological polar surface area (TPSA) is 3.24 Å². The van der Waals surface area contributed by atoms with E-state index in [1.807, 2.05) is 22.7 Å². The Morgan fingerprint density at radius 1 is 0.297 bits per heavy atom. The molecule has 2 aromatic heterocycles. The Morgan fingerprint density at radius 2 is 0.812 bits per heavy atom. The van der Waals surface area contributed by atoms with Gasteiger partial charge in [-0.2, -0.15) is 0 Å². The molecule has 0 aliphatic heterocycles. The average Bonchev–Trinajstić information content (AvgIpc) is 4.03. The highest BCUT2D eigenvalue weighted by atomic mass is 32.1. The van der Waals surface area contributed by atoms with Crippen molar-refractivity contribution in [1.29, 1.82) is 0 Å². The lowest BCUT2D eigenvalue weighted by Crippen LogP contribution is -2.28. The van der Waals surface area contributed by atoms with Gasteiger partial charge in [0.15, 0.2) is 0 Å². The van der Waals surface area contributed by atoms with E-state index in [-0.39, 0.29) is 0 Å². The molecule has 0 unspecified atom stereocenters. The van der Waals surface area contributed by atoms with Crippen LogP contribution in [-0.2, 0) is 5.41 Å². The van der Waals surface area contributed by atoms with Crippen LogP contribution in [0.3, 0.4) is 0 Å². The van der Waals surface area contributed by atoms with E-state index in [1.165, 1.54) is 96.0 Å². The Labute approximate surface area is 380 Å². The summed E-state index contributed by atoms with van der Waals surface area (Å²) in [6.45, 7) is 0. The summed E-state index contributed by atoms with van der Waals surface area (Å²) in [4.78, 5) is 2.43. The van der Waals surface area contributed by atoms with Gasteiger partial charge in [-0.25, -0.2) is 0 Å². The van der Waals surface area contributed by atoms with Gasteiger partial charge in [-0.3, -0.25) is 0 Å². The number of benzene rings is 10. The first-order chi connectivity index (χ1) is 31.7. The third-order valence-corrected chi connectivity index (χ3v) is 15.7. The summed E-state index contributed by atoms with van der Waals surface area (Å²) in [6, 6.07) is 87.8. The van der Waals surface area contributed by atoms with Crippen LogP contribution in [-0.4, -0.2) is 0 Å². The van der Waals surface area contributed by atoms with Crippen molar-refractivity contribution in [2.24, 2.45) is 0 Å². The van der Waals surface area contributed by atoms with E-state index in [0.29, 0.717) is 0 Å². The first-order valence-corrected chi connectivity index (χ1v) is 23.5. The SMILES string of the molecule is c1ccc(C2(c3ccccc3)c3ccccc3-c3cc(N(c4ccc(-c5ccc6sc7ccccc7c6c5)cc4)c4ccc(-c5cccc6sc7ccccc7c56)cc4)ccc32)cc1. The predicted molar refractivity (Wildman–Crippen MR) is 275 cm³/mol. The first kappa shape index (κ1) is 37.0. The summed E-state index contributed by atoms with van der Waals surface area (Å²) in [7, 11) is 0.